The summed E-state index contributed by atoms with van der Waals surface area (Å²) in [6.45, 7) is 0.471. The Bertz CT molecular complexity index is 570. The van der Waals surface area contributed by atoms with Gasteiger partial charge in [-0.05, 0) is 30.3 Å². The van der Waals surface area contributed by atoms with Crippen LogP contribution >= 0.6 is 0 Å². The van der Waals surface area contributed by atoms with E-state index in [1.807, 2.05) is 18.2 Å². The molecule has 4 N–H and O–H groups in total. The van der Waals surface area contributed by atoms with Crippen molar-refractivity contribution in [1.82, 2.24) is 4.98 Å². The second-order valence-corrected chi connectivity index (χ2v) is 4.03. The smallest absolute Gasteiger partial charge is 0.250 e. The highest BCUT2D eigenvalue weighted by Crippen LogP contribution is 2.19. The highest BCUT2D eigenvalue weighted by atomic mass is 16.5. The molecule has 1 aromatic carbocycles. The van der Waals surface area contributed by atoms with Gasteiger partial charge in [0.25, 0.3) is 5.91 Å². The molecule has 0 spiro atoms. The molecule has 0 unspecified atom stereocenters. The van der Waals surface area contributed by atoms with E-state index in [-0.39, 0.29) is 5.56 Å². The minimum atomic E-state index is -0.562. The molecule has 0 saturated heterocycles. The van der Waals surface area contributed by atoms with Crippen LogP contribution in [0.5, 0.6) is 5.75 Å². The number of hydrogen-bond acceptors (Lipinski definition) is 4. The van der Waals surface area contributed by atoms with Crippen molar-refractivity contribution in [3.05, 3.63) is 53.9 Å². The van der Waals surface area contributed by atoms with Gasteiger partial charge in [-0.3, -0.25) is 9.78 Å². The van der Waals surface area contributed by atoms with Crippen LogP contribution in [-0.2, 0) is 6.42 Å². The van der Waals surface area contributed by atoms with E-state index in [0.29, 0.717) is 24.5 Å². The van der Waals surface area contributed by atoms with Crippen LogP contribution in [0.15, 0.2) is 42.6 Å². The maximum absolute atomic E-state index is 11.1. The van der Waals surface area contributed by atoms with Gasteiger partial charge >= 0.3 is 0 Å². The Morgan fingerprint density at radius 2 is 2.11 bits per heavy atom. The monoisotopic (exact) mass is 257 g/mol. The molecule has 2 rings (SSSR count). The first-order chi connectivity index (χ1) is 9.16. The third-order valence-corrected chi connectivity index (χ3v) is 2.64. The fourth-order valence-corrected chi connectivity index (χ4v) is 1.66. The molecule has 0 radical (unpaired) electrons. The van der Waals surface area contributed by atoms with E-state index >= 15 is 0 Å². The van der Waals surface area contributed by atoms with Gasteiger partial charge in [0.2, 0.25) is 0 Å². The zero-order valence-corrected chi connectivity index (χ0v) is 10.4. The van der Waals surface area contributed by atoms with Crippen LogP contribution in [0.4, 0.5) is 5.69 Å². The van der Waals surface area contributed by atoms with Gasteiger partial charge in [0.05, 0.1) is 12.2 Å². The molecule has 0 aliphatic carbocycles. The van der Waals surface area contributed by atoms with E-state index in [1.165, 1.54) is 0 Å². The average Bonchev–Trinajstić information content (AvgIpc) is 2.41. The summed E-state index contributed by atoms with van der Waals surface area (Å²) in [6, 6.07) is 10.6. The summed E-state index contributed by atoms with van der Waals surface area (Å²) in [6.07, 6.45) is 2.43. The number of rotatable bonds is 5. The number of ether oxygens (including phenoxy) is 1. The largest absolute Gasteiger partial charge is 0.493 e. The van der Waals surface area contributed by atoms with E-state index < -0.39 is 5.91 Å². The van der Waals surface area contributed by atoms with E-state index in [4.69, 9.17) is 16.2 Å². The molecule has 0 atom stereocenters. The van der Waals surface area contributed by atoms with Crippen molar-refractivity contribution in [2.75, 3.05) is 12.3 Å². The number of pyridine rings is 1. The van der Waals surface area contributed by atoms with Crippen LogP contribution in [0.2, 0.25) is 0 Å². The Morgan fingerprint density at radius 1 is 1.26 bits per heavy atom. The summed E-state index contributed by atoms with van der Waals surface area (Å²) in [5.41, 5.74) is 12.4. The molecule has 1 heterocycles. The third-order valence-electron chi connectivity index (χ3n) is 2.64. The standard InChI is InChI=1S/C14H15N3O2/c15-13-5-4-11(9-12(13)14(16)18)19-8-6-10-3-1-2-7-17-10/h1-5,7,9H,6,8,15H2,(H2,16,18). The van der Waals surface area contributed by atoms with Crippen molar-refractivity contribution in [3.63, 3.8) is 0 Å². The Kier molecular flexibility index (Phi) is 3.97. The first-order valence-electron chi connectivity index (χ1n) is 5.89. The van der Waals surface area contributed by atoms with E-state index in [2.05, 4.69) is 4.98 Å². The predicted octanol–water partition coefficient (Wildman–Crippen LogP) is 1.38. The fourth-order valence-electron chi connectivity index (χ4n) is 1.66. The molecule has 2 aromatic rings. The highest BCUT2D eigenvalue weighted by molar-refractivity contribution is 5.98. The number of carbonyl (C=O) groups is 1. The number of nitrogens with zero attached hydrogens (tertiary/aromatic N) is 1. The van der Waals surface area contributed by atoms with Crippen molar-refractivity contribution >= 4 is 11.6 Å². The quantitative estimate of drug-likeness (QED) is 0.792. The molecular formula is C14H15N3O2. The van der Waals surface area contributed by atoms with Gasteiger partial charge < -0.3 is 16.2 Å². The molecule has 0 aliphatic heterocycles. The number of primary amides is 1. The lowest BCUT2D eigenvalue weighted by Gasteiger charge is -2.08. The van der Waals surface area contributed by atoms with Crippen LogP contribution in [0.1, 0.15) is 16.1 Å². The van der Waals surface area contributed by atoms with Crippen LogP contribution in [0.25, 0.3) is 0 Å². The van der Waals surface area contributed by atoms with Crippen molar-refractivity contribution in [1.29, 1.82) is 0 Å². The second kappa shape index (κ2) is 5.86. The number of hydrogen-bond donors (Lipinski definition) is 2. The molecule has 98 valence electrons. The summed E-state index contributed by atoms with van der Waals surface area (Å²) in [5.74, 6) is 0.00612. The lowest BCUT2D eigenvalue weighted by molar-refractivity contribution is 0.100. The molecule has 5 nitrogen and oxygen atoms in total. The fraction of sp³-hybridized carbons (Fsp3) is 0.143. The molecule has 1 amide bonds. The number of nitrogen functional groups attached to an aromatic ring is 1. The molecule has 1 aromatic heterocycles. The van der Waals surface area contributed by atoms with Crippen molar-refractivity contribution < 1.29 is 9.53 Å². The topological polar surface area (TPSA) is 91.2 Å². The number of benzene rings is 1. The molecule has 0 aliphatic rings. The van der Waals surface area contributed by atoms with Gasteiger partial charge in [-0.25, -0.2) is 0 Å². The van der Waals surface area contributed by atoms with Crippen LogP contribution in [0.3, 0.4) is 0 Å². The summed E-state index contributed by atoms with van der Waals surface area (Å²) >= 11 is 0. The number of aromatic nitrogens is 1. The van der Waals surface area contributed by atoms with Crippen LogP contribution < -0.4 is 16.2 Å². The normalized spacial score (nSPS) is 10.1. The predicted molar refractivity (Wildman–Crippen MR) is 72.8 cm³/mol. The zero-order valence-electron chi connectivity index (χ0n) is 10.4. The van der Waals surface area contributed by atoms with E-state index in [1.54, 1.807) is 24.4 Å². The Labute approximate surface area is 111 Å². The summed E-state index contributed by atoms with van der Waals surface area (Å²) in [7, 11) is 0. The van der Waals surface area contributed by atoms with Crippen molar-refractivity contribution in [3.8, 4) is 5.75 Å². The first-order valence-corrected chi connectivity index (χ1v) is 5.89. The molecular weight excluding hydrogens is 242 g/mol. The summed E-state index contributed by atoms with van der Waals surface area (Å²) in [5, 5.41) is 0. The number of nitrogens with two attached hydrogens (primary N) is 2. The van der Waals surface area contributed by atoms with Gasteiger partial charge in [-0.15, -0.1) is 0 Å². The average molecular weight is 257 g/mol. The number of carbonyl (C=O) groups excluding carboxylic acids is 1. The van der Waals surface area contributed by atoms with Gasteiger partial charge in [0.1, 0.15) is 5.75 Å². The highest BCUT2D eigenvalue weighted by Gasteiger charge is 2.07. The number of amides is 1. The van der Waals surface area contributed by atoms with Gasteiger partial charge in [0.15, 0.2) is 0 Å². The van der Waals surface area contributed by atoms with Gasteiger partial charge in [-0.2, -0.15) is 0 Å². The molecule has 5 heteroatoms. The van der Waals surface area contributed by atoms with Gasteiger partial charge in [-0.1, -0.05) is 6.07 Å². The Balaban J connectivity index is 1.97. The summed E-state index contributed by atoms with van der Waals surface area (Å²) < 4.78 is 5.55. The lowest BCUT2D eigenvalue weighted by Crippen LogP contribution is -2.13. The maximum Gasteiger partial charge on any atom is 0.250 e. The second-order valence-electron chi connectivity index (χ2n) is 4.03. The first kappa shape index (κ1) is 12.9. The lowest BCUT2D eigenvalue weighted by atomic mass is 10.1. The Morgan fingerprint density at radius 3 is 2.79 bits per heavy atom. The van der Waals surface area contributed by atoms with Gasteiger partial charge in [0, 0.05) is 24.0 Å². The molecule has 0 saturated carbocycles. The zero-order chi connectivity index (χ0) is 13.7. The van der Waals surface area contributed by atoms with Crippen LogP contribution in [0, 0.1) is 0 Å². The van der Waals surface area contributed by atoms with Crippen LogP contribution in [-0.4, -0.2) is 17.5 Å². The minimum absolute atomic E-state index is 0.273. The minimum Gasteiger partial charge on any atom is -0.493 e. The molecule has 0 bridgehead atoms. The van der Waals surface area contributed by atoms with Crippen molar-refractivity contribution in [2.45, 2.75) is 6.42 Å². The third kappa shape index (κ3) is 3.45. The summed E-state index contributed by atoms with van der Waals surface area (Å²) in [4.78, 5) is 15.3. The Hall–Kier alpha value is -2.56. The SMILES string of the molecule is NC(=O)c1cc(OCCc2ccccn2)ccc1N. The maximum atomic E-state index is 11.1. The number of anilines is 1. The molecule has 0 fully saturated rings. The van der Waals surface area contributed by atoms with E-state index in [0.717, 1.165) is 5.69 Å². The molecule has 19 heavy (non-hydrogen) atoms. The van der Waals surface area contributed by atoms with Crippen molar-refractivity contribution in [2.24, 2.45) is 5.73 Å². The van der Waals surface area contributed by atoms with E-state index in [9.17, 15) is 4.79 Å².